The summed E-state index contributed by atoms with van der Waals surface area (Å²) >= 11 is 0. The molecule has 1 aromatic rings. The van der Waals surface area contributed by atoms with Crippen molar-refractivity contribution in [2.75, 3.05) is 20.3 Å². The van der Waals surface area contributed by atoms with Gasteiger partial charge in [-0.05, 0) is 31.2 Å². The molecule has 0 bridgehead atoms. The van der Waals surface area contributed by atoms with Crippen LogP contribution in [0.1, 0.15) is 25.0 Å². The number of benzene rings is 1. The maximum Gasteiger partial charge on any atom is 0.0991 e. The SMILES string of the molecule is CCN(Cc1cccc(C#N)c1)C(C)COC. The fourth-order valence-electron chi connectivity index (χ4n) is 1.90. The number of methoxy groups -OCH3 is 1. The van der Waals surface area contributed by atoms with Crippen molar-refractivity contribution in [2.45, 2.75) is 26.4 Å². The highest BCUT2D eigenvalue weighted by atomic mass is 16.5. The predicted octanol–water partition coefficient (Wildman–Crippen LogP) is 2.42. The van der Waals surface area contributed by atoms with Crippen molar-refractivity contribution < 1.29 is 4.74 Å². The van der Waals surface area contributed by atoms with E-state index in [1.165, 1.54) is 5.56 Å². The molecule has 1 atom stereocenters. The van der Waals surface area contributed by atoms with Gasteiger partial charge in [0, 0.05) is 19.7 Å². The van der Waals surface area contributed by atoms with E-state index in [2.05, 4.69) is 30.9 Å². The van der Waals surface area contributed by atoms with Crippen LogP contribution in [0.15, 0.2) is 24.3 Å². The quantitative estimate of drug-likeness (QED) is 0.755. The summed E-state index contributed by atoms with van der Waals surface area (Å²) in [5, 5.41) is 8.86. The minimum Gasteiger partial charge on any atom is -0.383 e. The van der Waals surface area contributed by atoms with Crippen LogP contribution in [0.3, 0.4) is 0 Å². The number of nitriles is 1. The molecule has 0 amide bonds. The maximum absolute atomic E-state index is 8.86. The molecule has 0 fully saturated rings. The molecule has 0 aliphatic rings. The molecule has 0 radical (unpaired) electrons. The monoisotopic (exact) mass is 232 g/mol. The molecule has 0 aliphatic heterocycles. The highest BCUT2D eigenvalue weighted by molar-refractivity contribution is 5.32. The van der Waals surface area contributed by atoms with Crippen molar-refractivity contribution in [3.63, 3.8) is 0 Å². The van der Waals surface area contributed by atoms with E-state index in [9.17, 15) is 0 Å². The lowest BCUT2D eigenvalue weighted by atomic mass is 10.1. The van der Waals surface area contributed by atoms with Gasteiger partial charge in [0.05, 0.1) is 18.2 Å². The summed E-state index contributed by atoms with van der Waals surface area (Å²) in [6.07, 6.45) is 0. The summed E-state index contributed by atoms with van der Waals surface area (Å²) < 4.78 is 5.18. The average molecular weight is 232 g/mol. The van der Waals surface area contributed by atoms with Gasteiger partial charge in [0.15, 0.2) is 0 Å². The summed E-state index contributed by atoms with van der Waals surface area (Å²) in [5.74, 6) is 0. The highest BCUT2D eigenvalue weighted by Crippen LogP contribution is 2.10. The van der Waals surface area contributed by atoms with Crippen LogP contribution in [0.2, 0.25) is 0 Å². The molecule has 0 aliphatic carbocycles. The molecule has 1 aromatic carbocycles. The number of ether oxygens (including phenoxy) is 1. The van der Waals surface area contributed by atoms with Crippen molar-refractivity contribution >= 4 is 0 Å². The van der Waals surface area contributed by atoms with E-state index >= 15 is 0 Å². The van der Waals surface area contributed by atoms with Crippen LogP contribution in [0.4, 0.5) is 0 Å². The molecule has 3 nitrogen and oxygen atoms in total. The first-order valence-electron chi connectivity index (χ1n) is 5.93. The first kappa shape index (κ1) is 13.7. The summed E-state index contributed by atoms with van der Waals surface area (Å²) in [4.78, 5) is 2.33. The standard InChI is InChI=1S/C14H20N2O/c1-4-16(12(2)11-17-3)10-14-7-5-6-13(8-14)9-15/h5-8,12H,4,10-11H2,1-3H3. The van der Waals surface area contributed by atoms with Crippen molar-refractivity contribution in [1.29, 1.82) is 5.26 Å². The van der Waals surface area contributed by atoms with Gasteiger partial charge < -0.3 is 4.74 Å². The van der Waals surface area contributed by atoms with Crippen LogP contribution in [0, 0.1) is 11.3 Å². The Hall–Kier alpha value is -1.37. The van der Waals surface area contributed by atoms with E-state index < -0.39 is 0 Å². The number of nitrogens with zero attached hydrogens (tertiary/aromatic N) is 2. The molecule has 92 valence electrons. The third-order valence-electron chi connectivity index (χ3n) is 2.88. The van der Waals surface area contributed by atoms with Crippen molar-refractivity contribution in [3.05, 3.63) is 35.4 Å². The zero-order valence-electron chi connectivity index (χ0n) is 10.8. The van der Waals surface area contributed by atoms with Gasteiger partial charge in [0.1, 0.15) is 0 Å². The molecule has 0 aromatic heterocycles. The number of likely N-dealkylation sites (N-methyl/N-ethyl adjacent to an activating group) is 1. The molecule has 0 N–H and O–H groups in total. The van der Waals surface area contributed by atoms with Gasteiger partial charge in [-0.3, -0.25) is 4.90 Å². The fourth-order valence-corrected chi connectivity index (χ4v) is 1.90. The normalized spacial score (nSPS) is 12.4. The molecular weight excluding hydrogens is 212 g/mol. The smallest absolute Gasteiger partial charge is 0.0991 e. The maximum atomic E-state index is 8.86. The van der Waals surface area contributed by atoms with Gasteiger partial charge >= 0.3 is 0 Å². The summed E-state index contributed by atoms with van der Waals surface area (Å²) in [5.41, 5.74) is 1.90. The van der Waals surface area contributed by atoms with Crippen LogP contribution in [-0.4, -0.2) is 31.2 Å². The van der Waals surface area contributed by atoms with Gasteiger partial charge in [0.25, 0.3) is 0 Å². The molecule has 17 heavy (non-hydrogen) atoms. The minimum atomic E-state index is 0.385. The van der Waals surface area contributed by atoms with Crippen LogP contribution in [0.25, 0.3) is 0 Å². The molecule has 1 unspecified atom stereocenters. The number of hydrogen-bond acceptors (Lipinski definition) is 3. The van der Waals surface area contributed by atoms with Gasteiger partial charge in [-0.15, -0.1) is 0 Å². The Kier molecular flexibility index (Phi) is 5.68. The lowest BCUT2D eigenvalue weighted by molar-refractivity contribution is 0.0982. The summed E-state index contributed by atoms with van der Waals surface area (Å²) in [7, 11) is 1.72. The molecule has 0 saturated heterocycles. The Morgan fingerprint density at radius 1 is 1.47 bits per heavy atom. The fraction of sp³-hybridized carbons (Fsp3) is 0.500. The Labute approximate surface area is 104 Å². The van der Waals surface area contributed by atoms with E-state index in [1.54, 1.807) is 7.11 Å². The molecule has 0 spiro atoms. The number of rotatable bonds is 6. The third-order valence-corrected chi connectivity index (χ3v) is 2.88. The predicted molar refractivity (Wildman–Crippen MR) is 68.6 cm³/mol. The van der Waals surface area contributed by atoms with Crippen LogP contribution < -0.4 is 0 Å². The second-order valence-corrected chi connectivity index (χ2v) is 4.18. The largest absolute Gasteiger partial charge is 0.383 e. The van der Waals surface area contributed by atoms with E-state index in [0.717, 1.165) is 25.3 Å². The van der Waals surface area contributed by atoms with E-state index in [4.69, 9.17) is 10.00 Å². The van der Waals surface area contributed by atoms with E-state index in [0.29, 0.717) is 6.04 Å². The Morgan fingerprint density at radius 3 is 2.82 bits per heavy atom. The molecule has 0 heterocycles. The average Bonchev–Trinajstić information content (AvgIpc) is 2.36. The van der Waals surface area contributed by atoms with Gasteiger partial charge in [-0.2, -0.15) is 5.26 Å². The highest BCUT2D eigenvalue weighted by Gasteiger charge is 2.12. The topological polar surface area (TPSA) is 36.3 Å². The van der Waals surface area contributed by atoms with Crippen LogP contribution >= 0.6 is 0 Å². The van der Waals surface area contributed by atoms with Gasteiger partial charge in [-0.1, -0.05) is 19.1 Å². The van der Waals surface area contributed by atoms with Crippen molar-refractivity contribution in [3.8, 4) is 6.07 Å². The Balaban J connectivity index is 2.70. The Bertz CT molecular complexity index is 384. The lowest BCUT2D eigenvalue weighted by Gasteiger charge is -2.27. The molecule has 0 saturated carbocycles. The molecular formula is C14H20N2O. The second kappa shape index (κ2) is 7.05. The summed E-state index contributed by atoms with van der Waals surface area (Å²) in [6, 6.07) is 10.3. The van der Waals surface area contributed by atoms with Crippen molar-refractivity contribution in [2.24, 2.45) is 0 Å². The first-order valence-corrected chi connectivity index (χ1v) is 5.93. The second-order valence-electron chi connectivity index (χ2n) is 4.18. The lowest BCUT2D eigenvalue weighted by Crippen LogP contribution is -2.35. The van der Waals surface area contributed by atoms with Crippen LogP contribution in [0.5, 0.6) is 0 Å². The zero-order chi connectivity index (χ0) is 12.7. The zero-order valence-corrected chi connectivity index (χ0v) is 10.8. The Morgan fingerprint density at radius 2 is 2.24 bits per heavy atom. The van der Waals surface area contributed by atoms with Crippen LogP contribution in [-0.2, 0) is 11.3 Å². The first-order chi connectivity index (χ1) is 8.21. The van der Waals surface area contributed by atoms with E-state index in [1.807, 2.05) is 18.2 Å². The third kappa shape index (κ3) is 4.18. The van der Waals surface area contributed by atoms with E-state index in [-0.39, 0.29) is 0 Å². The number of hydrogen-bond donors (Lipinski definition) is 0. The molecule has 1 rings (SSSR count). The summed E-state index contributed by atoms with van der Waals surface area (Å²) in [6.45, 7) is 6.85. The van der Waals surface area contributed by atoms with Crippen molar-refractivity contribution in [1.82, 2.24) is 4.90 Å². The van der Waals surface area contributed by atoms with Gasteiger partial charge in [-0.25, -0.2) is 0 Å². The molecule has 3 heteroatoms. The minimum absolute atomic E-state index is 0.385. The van der Waals surface area contributed by atoms with Gasteiger partial charge in [0.2, 0.25) is 0 Å².